The lowest BCUT2D eigenvalue weighted by atomic mass is 10.2. The number of nitrogens with two attached hydrogens (primary N) is 1. The van der Waals surface area contributed by atoms with Gasteiger partial charge in [-0.1, -0.05) is 0 Å². The van der Waals surface area contributed by atoms with Gasteiger partial charge >= 0.3 is 0 Å². The molecule has 0 radical (unpaired) electrons. The number of benzene rings is 1. The van der Waals surface area contributed by atoms with Crippen molar-refractivity contribution in [3.8, 4) is 5.75 Å². The summed E-state index contributed by atoms with van der Waals surface area (Å²) in [6.07, 6.45) is 0.315. The molecule has 0 unspecified atom stereocenters. The minimum atomic E-state index is -3.98. The summed E-state index contributed by atoms with van der Waals surface area (Å²) in [7, 11) is -4.79. The van der Waals surface area contributed by atoms with Crippen molar-refractivity contribution in [2.24, 2.45) is 12.8 Å². The first-order valence-electron chi connectivity index (χ1n) is 9.89. The number of aromatic nitrogens is 2. The molecular weight excluding hydrogens is 458 g/mol. The standard InChI is InChI=1S/C19H27N5O6S2/c1-13-18(14(2)22(3)21-13)32(28,29)24-9-5-8-23(10-11-24)31(26,27)15-6-7-17(30-4)16(12-15)19(20)25/h6-7,12H,5,8-11H2,1-4H3,(H2,20,25). The molecule has 13 heteroatoms. The fourth-order valence-corrected chi connectivity index (χ4v) is 7.16. The highest BCUT2D eigenvalue weighted by atomic mass is 32.2. The van der Waals surface area contributed by atoms with Crippen LogP contribution in [-0.4, -0.2) is 74.4 Å². The molecule has 2 aromatic rings. The first-order chi connectivity index (χ1) is 14.9. The molecule has 1 aromatic carbocycles. The maximum atomic E-state index is 13.3. The Morgan fingerprint density at radius 2 is 1.62 bits per heavy atom. The van der Waals surface area contributed by atoms with Crippen LogP contribution < -0.4 is 10.5 Å². The Balaban J connectivity index is 1.88. The van der Waals surface area contributed by atoms with E-state index in [0.29, 0.717) is 17.8 Å². The number of nitrogens with zero attached hydrogens (tertiary/aromatic N) is 4. The van der Waals surface area contributed by atoms with E-state index in [1.165, 1.54) is 38.6 Å². The summed E-state index contributed by atoms with van der Waals surface area (Å²) >= 11 is 0. The summed E-state index contributed by atoms with van der Waals surface area (Å²) < 4.78 is 62.0. The highest BCUT2D eigenvalue weighted by Crippen LogP contribution is 2.27. The van der Waals surface area contributed by atoms with Gasteiger partial charge in [0.05, 0.1) is 29.0 Å². The number of hydrogen-bond donors (Lipinski definition) is 1. The first-order valence-corrected chi connectivity index (χ1v) is 12.8. The van der Waals surface area contributed by atoms with Crippen LogP contribution in [0.4, 0.5) is 0 Å². The van der Waals surface area contributed by atoms with Crippen molar-refractivity contribution >= 4 is 26.0 Å². The average molecular weight is 486 g/mol. The number of rotatable bonds is 6. The molecule has 1 aliphatic heterocycles. The van der Waals surface area contributed by atoms with Crippen LogP contribution in [0, 0.1) is 13.8 Å². The van der Waals surface area contributed by atoms with Gasteiger partial charge in [-0.25, -0.2) is 16.8 Å². The number of carbonyl (C=O) groups excluding carboxylic acids is 1. The topological polar surface area (TPSA) is 145 Å². The zero-order valence-corrected chi connectivity index (χ0v) is 20.0. The Hall–Kier alpha value is -2.48. The molecular formula is C19H27N5O6S2. The summed E-state index contributed by atoms with van der Waals surface area (Å²) in [6, 6.07) is 3.89. The predicted octanol–water partition coefficient (Wildman–Crippen LogP) is 0.230. The summed E-state index contributed by atoms with van der Waals surface area (Å²) in [5.41, 5.74) is 6.22. The van der Waals surface area contributed by atoms with Crippen molar-refractivity contribution in [2.45, 2.75) is 30.1 Å². The van der Waals surface area contributed by atoms with Gasteiger partial charge in [0.2, 0.25) is 20.0 Å². The number of amides is 1. The molecule has 11 nitrogen and oxygen atoms in total. The molecule has 1 fully saturated rings. The van der Waals surface area contributed by atoms with E-state index in [1.54, 1.807) is 20.9 Å². The quantitative estimate of drug-likeness (QED) is 0.616. The molecule has 1 saturated heterocycles. The van der Waals surface area contributed by atoms with Crippen LogP contribution in [0.2, 0.25) is 0 Å². The number of methoxy groups -OCH3 is 1. The van der Waals surface area contributed by atoms with Gasteiger partial charge < -0.3 is 10.5 Å². The van der Waals surface area contributed by atoms with Gasteiger partial charge in [0.1, 0.15) is 10.6 Å². The third-order valence-corrected chi connectivity index (χ3v) is 9.57. The smallest absolute Gasteiger partial charge is 0.252 e. The Labute approximate surface area is 187 Å². The second-order valence-electron chi connectivity index (χ2n) is 7.51. The van der Waals surface area contributed by atoms with Gasteiger partial charge in [0.15, 0.2) is 0 Å². The molecule has 32 heavy (non-hydrogen) atoms. The Kier molecular flexibility index (Phi) is 6.65. The zero-order valence-electron chi connectivity index (χ0n) is 18.4. The molecule has 1 aromatic heterocycles. The van der Waals surface area contributed by atoms with E-state index in [4.69, 9.17) is 10.5 Å². The molecule has 0 aliphatic carbocycles. The number of sulfonamides is 2. The van der Waals surface area contributed by atoms with Crippen molar-refractivity contribution in [2.75, 3.05) is 33.3 Å². The van der Waals surface area contributed by atoms with Gasteiger partial charge in [-0.3, -0.25) is 9.48 Å². The lowest BCUT2D eigenvalue weighted by Gasteiger charge is -2.22. The van der Waals surface area contributed by atoms with Crippen LogP contribution in [0.15, 0.2) is 28.0 Å². The van der Waals surface area contributed by atoms with Crippen molar-refractivity contribution in [3.63, 3.8) is 0 Å². The Bertz CT molecular complexity index is 1250. The Morgan fingerprint density at radius 1 is 1.03 bits per heavy atom. The summed E-state index contributed by atoms with van der Waals surface area (Å²) in [6.45, 7) is 3.59. The summed E-state index contributed by atoms with van der Waals surface area (Å²) in [5.74, 6) is -0.638. The van der Waals surface area contributed by atoms with Crippen LogP contribution in [0.25, 0.3) is 0 Å². The second-order valence-corrected chi connectivity index (χ2v) is 11.3. The van der Waals surface area contributed by atoms with Crippen molar-refractivity contribution in [1.29, 1.82) is 0 Å². The highest BCUT2D eigenvalue weighted by molar-refractivity contribution is 7.89. The molecule has 1 amide bonds. The van der Waals surface area contributed by atoms with Crippen LogP contribution >= 0.6 is 0 Å². The molecule has 0 saturated carbocycles. The predicted molar refractivity (Wildman–Crippen MR) is 116 cm³/mol. The third kappa shape index (κ3) is 4.25. The van der Waals surface area contributed by atoms with E-state index in [-0.39, 0.29) is 47.3 Å². The van der Waals surface area contributed by atoms with Crippen molar-refractivity contribution in [3.05, 3.63) is 35.2 Å². The highest BCUT2D eigenvalue weighted by Gasteiger charge is 2.34. The van der Waals surface area contributed by atoms with E-state index in [1.807, 2.05) is 0 Å². The summed E-state index contributed by atoms with van der Waals surface area (Å²) in [5, 5.41) is 4.18. The molecule has 2 N–H and O–H groups in total. The molecule has 0 atom stereocenters. The second kappa shape index (κ2) is 8.81. The van der Waals surface area contributed by atoms with Gasteiger partial charge in [-0.05, 0) is 38.5 Å². The van der Waals surface area contributed by atoms with Gasteiger partial charge in [0.25, 0.3) is 5.91 Å². The molecule has 0 bridgehead atoms. The Morgan fingerprint density at radius 3 is 2.12 bits per heavy atom. The minimum Gasteiger partial charge on any atom is -0.496 e. The van der Waals surface area contributed by atoms with Crippen molar-refractivity contribution < 1.29 is 26.4 Å². The normalized spacial score (nSPS) is 16.6. The monoisotopic (exact) mass is 485 g/mol. The average Bonchev–Trinajstić information content (AvgIpc) is 2.91. The van der Waals surface area contributed by atoms with E-state index < -0.39 is 26.0 Å². The van der Waals surface area contributed by atoms with Crippen LogP contribution in [0.5, 0.6) is 5.75 Å². The van der Waals surface area contributed by atoms with Crippen LogP contribution in [0.1, 0.15) is 28.2 Å². The lowest BCUT2D eigenvalue weighted by molar-refractivity contribution is 0.0997. The number of primary amides is 1. The minimum absolute atomic E-state index is 0.00578. The van der Waals surface area contributed by atoms with Gasteiger partial charge in [-0.15, -0.1) is 0 Å². The maximum Gasteiger partial charge on any atom is 0.252 e. The van der Waals surface area contributed by atoms with Crippen molar-refractivity contribution in [1.82, 2.24) is 18.4 Å². The molecule has 176 valence electrons. The van der Waals surface area contributed by atoms with Crippen LogP contribution in [-0.2, 0) is 27.1 Å². The summed E-state index contributed by atoms with van der Waals surface area (Å²) in [4.78, 5) is 11.7. The van der Waals surface area contributed by atoms with Crippen LogP contribution in [0.3, 0.4) is 0 Å². The fraction of sp³-hybridized carbons (Fsp3) is 0.474. The fourth-order valence-electron chi connectivity index (χ4n) is 3.80. The zero-order chi connectivity index (χ0) is 23.8. The molecule has 0 spiro atoms. The van der Waals surface area contributed by atoms with E-state index >= 15 is 0 Å². The van der Waals surface area contributed by atoms with E-state index in [0.717, 1.165) is 0 Å². The van der Waals surface area contributed by atoms with Gasteiger partial charge in [0, 0.05) is 33.2 Å². The number of ether oxygens (including phenoxy) is 1. The molecule has 3 rings (SSSR count). The SMILES string of the molecule is COc1ccc(S(=O)(=O)N2CCCN(S(=O)(=O)c3c(C)nn(C)c3C)CC2)cc1C(N)=O. The molecule has 2 heterocycles. The van der Waals surface area contributed by atoms with E-state index in [2.05, 4.69) is 5.10 Å². The first kappa shape index (κ1) is 24.2. The van der Waals surface area contributed by atoms with Gasteiger partial charge in [-0.2, -0.15) is 13.7 Å². The number of hydrogen-bond acceptors (Lipinski definition) is 7. The van der Waals surface area contributed by atoms with E-state index in [9.17, 15) is 21.6 Å². The molecule has 1 aliphatic rings. The number of carbonyl (C=O) groups is 1. The largest absolute Gasteiger partial charge is 0.496 e. The lowest BCUT2D eigenvalue weighted by Crippen LogP contribution is -2.37. The maximum absolute atomic E-state index is 13.3. The number of aryl methyl sites for hydroxylation is 2. The third-order valence-electron chi connectivity index (χ3n) is 5.53.